The van der Waals surface area contributed by atoms with Gasteiger partial charge in [-0.05, 0) is 44.0 Å². The second kappa shape index (κ2) is 8.37. The van der Waals surface area contributed by atoms with Gasteiger partial charge in [-0.25, -0.2) is 4.79 Å². The fourth-order valence-electron chi connectivity index (χ4n) is 3.00. The Labute approximate surface area is 164 Å². The van der Waals surface area contributed by atoms with Crippen molar-refractivity contribution in [3.05, 3.63) is 35.6 Å². The van der Waals surface area contributed by atoms with Gasteiger partial charge in [0.15, 0.2) is 11.5 Å². The minimum Gasteiger partial charge on any atom is -0.486 e. The Bertz CT molecular complexity index is 870. The van der Waals surface area contributed by atoms with Crippen molar-refractivity contribution >= 4 is 11.9 Å². The highest BCUT2D eigenvalue weighted by molar-refractivity contribution is 5.98. The van der Waals surface area contributed by atoms with Crippen LogP contribution in [0.3, 0.4) is 0 Å². The molecular formula is C21H25NO6. The number of aryl methyl sites for hydroxylation is 1. The second-order valence-corrected chi connectivity index (χ2v) is 6.89. The normalized spacial score (nSPS) is 13.9. The second-order valence-electron chi connectivity index (χ2n) is 6.89. The number of hydrogen-bond acceptors (Lipinski definition) is 6. The summed E-state index contributed by atoms with van der Waals surface area (Å²) in [5, 5.41) is 2.75. The minimum atomic E-state index is -0.723. The van der Waals surface area contributed by atoms with Crippen LogP contribution in [0.5, 0.6) is 11.5 Å². The van der Waals surface area contributed by atoms with Crippen LogP contribution in [0.15, 0.2) is 28.7 Å². The molecular weight excluding hydrogens is 362 g/mol. The Hall–Kier alpha value is -2.96. The number of carbonyl (C=O) groups excluding carboxylic acids is 2. The van der Waals surface area contributed by atoms with Crippen LogP contribution in [0, 0.1) is 12.8 Å². The first kappa shape index (κ1) is 19.8. The summed E-state index contributed by atoms with van der Waals surface area (Å²) in [4.78, 5) is 24.9. The van der Waals surface area contributed by atoms with Crippen molar-refractivity contribution in [3.63, 3.8) is 0 Å². The standard InChI is InChI=1S/C21H25NO6/c1-5-25-21(24)19(12(2)3)22-20(23)15-11-17(28-13(15)4)14-6-7-16-18(10-14)27-9-8-26-16/h6-7,10-12,19H,5,8-9H2,1-4H3,(H,22,23). The average molecular weight is 387 g/mol. The van der Waals surface area contributed by atoms with Gasteiger partial charge in [0.05, 0.1) is 12.2 Å². The molecule has 1 unspecified atom stereocenters. The lowest BCUT2D eigenvalue weighted by atomic mass is 10.0. The van der Waals surface area contributed by atoms with Gasteiger partial charge in [-0.15, -0.1) is 0 Å². The van der Waals surface area contributed by atoms with E-state index in [4.69, 9.17) is 18.6 Å². The number of fused-ring (bicyclic) bond motifs is 1. The van der Waals surface area contributed by atoms with Crippen LogP contribution < -0.4 is 14.8 Å². The number of rotatable bonds is 6. The quantitative estimate of drug-likeness (QED) is 0.765. The Morgan fingerprint density at radius 1 is 1.14 bits per heavy atom. The molecule has 2 aromatic rings. The van der Waals surface area contributed by atoms with Crippen LogP contribution in [-0.4, -0.2) is 37.7 Å². The maximum Gasteiger partial charge on any atom is 0.328 e. The van der Waals surface area contributed by atoms with E-state index < -0.39 is 12.0 Å². The van der Waals surface area contributed by atoms with Crippen LogP contribution in [0.1, 0.15) is 36.9 Å². The van der Waals surface area contributed by atoms with Gasteiger partial charge in [0, 0.05) is 5.56 Å². The van der Waals surface area contributed by atoms with Crippen LogP contribution in [0.4, 0.5) is 0 Å². The van der Waals surface area contributed by atoms with Crippen LogP contribution in [-0.2, 0) is 9.53 Å². The first-order valence-electron chi connectivity index (χ1n) is 9.38. The van der Waals surface area contributed by atoms with Gasteiger partial charge in [0.1, 0.15) is 30.8 Å². The zero-order valence-electron chi connectivity index (χ0n) is 16.5. The highest BCUT2D eigenvalue weighted by Crippen LogP contribution is 2.35. The molecule has 1 aliphatic heterocycles. The number of amides is 1. The number of furan rings is 1. The van der Waals surface area contributed by atoms with Gasteiger partial charge >= 0.3 is 5.97 Å². The van der Waals surface area contributed by atoms with Crippen LogP contribution in [0.2, 0.25) is 0 Å². The van der Waals surface area contributed by atoms with E-state index in [1.807, 2.05) is 32.0 Å². The maximum atomic E-state index is 12.7. The molecule has 1 amide bonds. The molecule has 3 rings (SSSR count). The third kappa shape index (κ3) is 4.13. The number of benzene rings is 1. The Balaban J connectivity index is 1.81. The summed E-state index contributed by atoms with van der Waals surface area (Å²) in [5.74, 6) is 1.41. The molecule has 0 fully saturated rings. The zero-order valence-corrected chi connectivity index (χ0v) is 16.5. The molecule has 0 bridgehead atoms. The van der Waals surface area contributed by atoms with Gasteiger partial charge in [-0.3, -0.25) is 4.79 Å². The first-order valence-corrected chi connectivity index (χ1v) is 9.38. The van der Waals surface area contributed by atoms with E-state index in [0.717, 1.165) is 5.56 Å². The van der Waals surface area contributed by atoms with E-state index in [2.05, 4.69) is 5.32 Å². The summed E-state index contributed by atoms with van der Waals surface area (Å²) in [5.41, 5.74) is 1.15. The molecule has 0 saturated heterocycles. The van der Waals surface area contributed by atoms with E-state index in [9.17, 15) is 9.59 Å². The fourth-order valence-corrected chi connectivity index (χ4v) is 3.00. The van der Waals surface area contributed by atoms with Gasteiger partial charge in [-0.1, -0.05) is 13.8 Å². The zero-order chi connectivity index (χ0) is 20.3. The van der Waals surface area contributed by atoms with E-state index >= 15 is 0 Å². The third-order valence-electron chi connectivity index (χ3n) is 4.48. The van der Waals surface area contributed by atoms with Gasteiger partial charge in [0.2, 0.25) is 0 Å². The van der Waals surface area contributed by atoms with E-state index in [1.54, 1.807) is 19.9 Å². The predicted molar refractivity (Wildman–Crippen MR) is 103 cm³/mol. The summed E-state index contributed by atoms with van der Waals surface area (Å²) in [6, 6.07) is 6.43. The van der Waals surface area contributed by atoms with Crippen molar-refractivity contribution in [3.8, 4) is 22.8 Å². The monoisotopic (exact) mass is 387 g/mol. The number of carbonyl (C=O) groups is 2. The molecule has 150 valence electrons. The predicted octanol–water partition coefficient (Wildman–Crippen LogP) is 3.34. The first-order chi connectivity index (χ1) is 13.4. The summed E-state index contributed by atoms with van der Waals surface area (Å²) >= 11 is 0. The van der Waals surface area contributed by atoms with Crippen molar-refractivity contribution in [2.45, 2.75) is 33.7 Å². The Kier molecular flexibility index (Phi) is 5.92. The molecule has 1 atom stereocenters. The largest absolute Gasteiger partial charge is 0.486 e. The van der Waals surface area contributed by atoms with Gasteiger partial charge < -0.3 is 23.9 Å². The topological polar surface area (TPSA) is 87.0 Å². The number of hydrogen-bond donors (Lipinski definition) is 1. The Morgan fingerprint density at radius 3 is 2.54 bits per heavy atom. The SMILES string of the molecule is CCOC(=O)C(NC(=O)c1cc(-c2ccc3c(c2)OCCO3)oc1C)C(C)C. The van der Waals surface area contributed by atoms with E-state index in [0.29, 0.717) is 41.8 Å². The Morgan fingerprint density at radius 2 is 1.86 bits per heavy atom. The van der Waals surface area contributed by atoms with E-state index in [-0.39, 0.29) is 18.4 Å². The minimum absolute atomic E-state index is 0.104. The molecule has 7 nitrogen and oxygen atoms in total. The molecule has 0 aliphatic carbocycles. The highest BCUT2D eigenvalue weighted by atomic mass is 16.6. The summed E-state index contributed by atoms with van der Waals surface area (Å²) < 4.78 is 22.0. The third-order valence-corrected chi connectivity index (χ3v) is 4.48. The molecule has 0 radical (unpaired) electrons. The lowest BCUT2D eigenvalue weighted by Gasteiger charge is -2.20. The lowest BCUT2D eigenvalue weighted by Crippen LogP contribution is -2.45. The molecule has 2 heterocycles. The summed E-state index contributed by atoms with van der Waals surface area (Å²) in [7, 11) is 0. The number of ether oxygens (including phenoxy) is 3. The molecule has 7 heteroatoms. The van der Waals surface area contributed by atoms with Crippen molar-refractivity contribution in [2.75, 3.05) is 19.8 Å². The number of esters is 1. The highest BCUT2D eigenvalue weighted by Gasteiger charge is 2.27. The van der Waals surface area contributed by atoms with Gasteiger partial charge in [-0.2, -0.15) is 0 Å². The summed E-state index contributed by atoms with van der Waals surface area (Å²) in [6.07, 6.45) is 0. The van der Waals surface area contributed by atoms with Crippen LogP contribution >= 0.6 is 0 Å². The fraction of sp³-hybridized carbons (Fsp3) is 0.429. The molecule has 0 spiro atoms. The summed E-state index contributed by atoms with van der Waals surface area (Å²) in [6.45, 7) is 8.42. The van der Waals surface area contributed by atoms with Crippen LogP contribution in [0.25, 0.3) is 11.3 Å². The lowest BCUT2D eigenvalue weighted by molar-refractivity contribution is -0.146. The molecule has 1 aromatic carbocycles. The number of nitrogens with one attached hydrogen (secondary N) is 1. The smallest absolute Gasteiger partial charge is 0.328 e. The molecule has 1 aromatic heterocycles. The molecule has 1 aliphatic rings. The molecule has 28 heavy (non-hydrogen) atoms. The maximum absolute atomic E-state index is 12.7. The molecule has 0 saturated carbocycles. The van der Waals surface area contributed by atoms with Crippen molar-refractivity contribution < 1.29 is 28.2 Å². The van der Waals surface area contributed by atoms with E-state index in [1.165, 1.54) is 0 Å². The van der Waals surface area contributed by atoms with Crippen molar-refractivity contribution in [1.82, 2.24) is 5.32 Å². The van der Waals surface area contributed by atoms with Gasteiger partial charge in [0.25, 0.3) is 5.91 Å². The molecule has 1 N–H and O–H groups in total. The van der Waals surface area contributed by atoms with Crippen molar-refractivity contribution in [2.24, 2.45) is 5.92 Å². The average Bonchev–Trinajstić information content (AvgIpc) is 3.07. The van der Waals surface area contributed by atoms with Crippen molar-refractivity contribution in [1.29, 1.82) is 0 Å².